The Morgan fingerprint density at radius 2 is 1.88 bits per heavy atom. The van der Waals surface area contributed by atoms with Gasteiger partial charge in [0.05, 0.1) is 5.69 Å². The van der Waals surface area contributed by atoms with E-state index in [-0.39, 0.29) is 0 Å². The highest BCUT2D eigenvalue weighted by Crippen LogP contribution is 2.33. The molecule has 0 amide bonds. The normalized spacial score (nSPS) is 13.7. The van der Waals surface area contributed by atoms with Crippen molar-refractivity contribution in [1.82, 2.24) is 29.3 Å². The molecule has 1 aliphatic carbocycles. The first-order valence-corrected chi connectivity index (χ1v) is 9.58. The second kappa shape index (κ2) is 6.17. The molecule has 4 aromatic rings. The monoisotopic (exact) mass is 362 g/mol. The van der Waals surface area contributed by atoms with Crippen LogP contribution in [0, 0.1) is 0 Å². The van der Waals surface area contributed by atoms with Crippen LogP contribution < -0.4 is 0 Å². The van der Waals surface area contributed by atoms with E-state index in [1.807, 2.05) is 24.0 Å². The molecule has 0 unspecified atom stereocenters. The number of rotatable bonds is 3. The Labute approximate surface area is 155 Å². The predicted molar refractivity (Wildman–Crippen MR) is 101 cm³/mol. The maximum atomic E-state index is 4.86. The van der Waals surface area contributed by atoms with Gasteiger partial charge in [0.1, 0.15) is 6.33 Å². The highest BCUT2D eigenvalue weighted by molar-refractivity contribution is 7.15. The Balaban J connectivity index is 1.51. The van der Waals surface area contributed by atoms with Gasteiger partial charge in [0, 0.05) is 35.6 Å². The van der Waals surface area contributed by atoms with Gasteiger partial charge >= 0.3 is 0 Å². The van der Waals surface area contributed by atoms with Crippen molar-refractivity contribution in [2.75, 3.05) is 0 Å². The molecule has 0 radical (unpaired) electrons. The molecule has 7 heteroatoms. The predicted octanol–water partition coefficient (Wildman–Crippen LogP) is 3.67. The van der Waals surface area contributed by atoms with Crippen LogP contribution in [0.25, 0.3) is 27.9 Å². The second-order valence-electron chi connectivity index (χ2n) is 6.53. The molecule has 1 aliphatic rings. The number of nitrogens with zero attached hydrogens (tertiary/aromatic N) is 6. The van der Waals surface area contributed by atoms with Crippen LogP contribution >= 0.6 is 11.3 Å². The van der Waals surface area contributed by atoms with Crippen molar-refractivity contribution in [2.24, 2.45) is 7.05 Å². The number of imidazole rings is 1. The van der Waals surface area contributed by atoms with E-state index in [0.717, 1.165) is 40.7 Å². The van der Waals surface area contributed by atoms with Crippen LogP contribution in [-0.2, 0) is 19.9 Å². The third kappa shape index (κ3) is 2.55. The van der Waals surface area contributed by atoms with Gasteiger partial charge in [0.25, 0.3) is 0 Å². The third-order valence-electron chi connectivity index (χ3n) is 4.79. The first-order chi connectivity index (χ1) is 12.8. The summed E-state index contributed by atoms with van der Waals surface area (Å²) in [5, 5.41) is 9.13. The Morgan fingerprint density at radius 3 is 2.65 bits per heavy atom. The van der Waals surface area contributed by atoms with E-state index in [1.54, 1.807) is 17.7 Å². The molecule has 3 heterocycles. The fraction of sp³-hybridized carbons (Fsp3) is 0.263. The van der Waals surface area contributed by atoms with Gasteiger partial charge in [-0.2, -0.15) is 0 Å². The summed E-state index contributed by atoms with van der Waals surface area (Å²) in [5.41, 5.74) is 3.38. The SMILES string of the molecule is Cn1cnnc1-c1ccc(-n2ccnc2-c2nc3c(s2)CCCC3)cc1. The number of hydrogen-bond donors (Lipinski definition) is 0. The number of hydrogen-bond acceptors (Lipinski definition) is 5. The average Bonchev–Trinajstić information content (AvgIpc) is 3.40. The fourth-order valence-electron chi connectivity index (χ4n) is 3.43. The lowest BCUT2D eigenvalue weighted by atomic mass is 10.0. The number of aryl methyl sites for hydroxylation is 3. The Hall–Kier alpha value is -2.80. The van der Waals surface area contributed by atoms with Crippen molar-refractivity contribution in [3.05, 3.63) is 53.6 Å². The van der Waals surface area contributed by atoms with Crippen molar-refractivity contribution in [2.45, 2.75) is 25.7 Å². The van der Waals surface area contributed by atoms with Gasteiger partial charge in [-0.15, -0.1) is 21.5 Å². The van der Waals surface area contributed by atoms with Crippen molar-refractivity contribution in [3.63, 3.8) is 0 Å². The molecular weight excluding hydrogens is 344 g/mol. The molecule has 26 heavy (non-hydrogen) atoms. The van der Waals surface area contributed by atoms with Crippen LogP contribution in [0.4, 0.5) is 0 Å². The zero-order valence-electron chi connectivity index (χ0n) is 14.5. The maximum Gasteiger partial charge on any atom is 0.173 e. The number of fused-ring (bicyclic) bond motifs is 1. The molecule has 0 fully saturated rings. The van der Waals surface area contributed by atoms with E-state index < -0.39 is 0 Å². The number of thiazole rings is 1. The van der Waals surface area contributed by atoms with Crippen LogP contribution in [0.15, 0.2) is 43.0 Å². The smallest absolute Gasteiger partial charge is 0.173 e. The van der Waals surface area contributed by atoms with Crippen LogP contribution in [0.3, 0.4) is 0 Å². The molecule has 6 nitrogen and oxygen atoms in total. The van der Waals surface area contributed by atoms with Crippen LogP contribution in [0.1, 0.15) is 23.4 Å². The third-order valence-corrected chi connectivity index (χ3v) is 5.95. The molecule has 0 N–H and O–H groups in total. The lowest BCUT2D eigenvalue weighted by Crippen LogP contribution is -1.99. The van der Waals surface area contributed by atoms with E-state index in [9.17, 15) is 0 Å². The lowest BCUT2D eigenvalue weighted by Gasteiger charge is -2.07. The van der Waals surface area contributed by atoms with Crippen LogP contribution in [0.5, 0.6) is 0 Å². The molecule has 1 aromatic carbocycles. The topological polar surface area (TPSA) is 61.4 Å². The standard InChI is InChI=1S/C19H18N6S/c1-24-12-21-23-17(24)13-6-8-14(9-7-13)25-11-10-20-18(25)19-22-15-4-2-3-5-16(15)26-19/h6-12H,2-5H2,1H3. The summed E-state index contributed by atoms with van der Waals surface area (Å²) in [6.45, 7) is 0. The summed E-state index contributed by atoms with van der Waals surface area (Å²) in [4.78, 5) is 10.9. The first kappa shape index (κ1) is 15.5. The summed E-state index contributed by atoms with van der Waals surface area (Å²) < 4.78 is 4.02. The summed E-state index contributed by atoms with van der Waals surface area (Å²) in [6, 6.07) is 8.30. The van der Waals surface area contributed by atoms with Crippen molar-refractivity contribution < 1.29 is 0 Å². The highest BCUT2D eigenvalue weighted by Gasteiger charge is 2.19. The molecular formula is C19H18N6S. The van der Waals surface area contributed by atoms with Gasteiger partial charge in [0.15, 0.2) is 16.7 Å². The van der Waals surface area contributed by atoms with E-state index in [4.69, 9.17) is 4.98 Å². The van der Waals surface area contributed by atoms with Gasteiger partial charge in [-0.3, -0.25) is 4.57 Å². The van der Waals surface area contributed by atoms with Gasteiger partial charge < -0.3 is 4.57 Å². The zero-order chi connectivity index (χ0) is 17.5. The minimum Gasteiger partial charge on any atom is -0.317 e. The molecule has 5 rings (SSSR count). The van der Waals surface area contributed by atoms with E-state index >= 15 is 0 Å². The molecule has 3 aromatic heterocycles. The van der Waals surface area contributed by atoms with Crippen molar-refractivity contribution in [3.8, 4) is 27.9 Å². The summed E-state index contributed by atoms with van der Waals surface area (Å²) >= 11 is 1.79. The van der Waals surface area contributed by atoms with E-state index in [1.165, 1.54) is 23.4 Å². The molecule has 130 valence electrons. The lowest BCUT2D eigenvalue weighted by molar-refractivity contribution is 0.682. The number of aromatic nitrogens is 6. The minimum absolute atomic E-state index is 0.856. The zero-order valence-corrected chi connectivity index (χ0v) is 15.3. The molecule has 0 atom stereocenters. The van der Waals surface area contributed by atoms with Crippen LogP contribution in [0.2, 0.25) is 0 Å². The molecule has 0 bridgehead atoms. The average molecular weight is 362 g/mol. The summed E-state index contributed by atoms with van der Waals surface area (Å²) in [7, 11) is 1.95. The van der Waals surface area contributed by atoms with Crippen molar-refractivity contribution in [1.29, 1.82) is 0 Å². The van der Waals surface area contributed by atoms with Gasteiger partial charge in [0.2, 0.25) is 0 Å². The van der Waals surface area contributed by atoms with Gasteiger partial charge in [-0.25, -0.2) is 9.97 Å². The first-order valence-electron chi connectivity index (χ1n) is 8.77. The Kier molecular flexibility index (Phi) is 3.67. The van der Waals surface area contributed by atoms with E-state index in [0.29, 0.717) is 0 Å². The van der Waals surface area contributed by atoms with Gasteiger partial charge in [-0.1, -0.05) is 0 Å². The fourth-order valence-corrected chi connectivity index (χ4v) is 4.58. The highest BCUT2D eigenvalue weighted by atomic mass is 32.1. The second-order valence-corrected chi connectivity index (χ2v) is 7.61. The molecule has 0 spiro atoms. The van der Waals surface area contributed by atoms with Crippen LogP contribution in [-0.4, -0.2) is 29.3 Å². The summed E-state index contributed by atoms with van der Waals surface area (Å²) in [6.07, 6.45) is 10.3. The number of benzene rings is 1. The van der Waals surface area contributed by atoms with E-state index in [2.05, 4.69) is 44.0 Å². The van der Waals surface area contributed by atoms with Crippen molar-refractivity contribution >= 4 is 11.3 Å². The Bertz CT molecular complexity index is 1030. The quantitative estimate of drug-likeness (QED) is 0.558. The molecule has 0 saturated carbocycles. The minimum atomic E-state index is 0.856. The Morgan fingerprint density at radius 1 is 1.04 bits per heavy atom. The largest absolute Gasteiger partial charge is 0.317 e. The summed E-state index contributed by atoms with van der Waals surface area (Å²) in [5.74, 6) is 1.77. The molecule has 0 aliphatic heterocycles. The molecule has 0 saturated heterocycles. The maximum absolute atomic E-state index is 4.86. The van der Waals surface area contributed by atoms with Gasteiger partial charge in [-0.05, 0) is 49.9 Å².